The van der Waals surface area contributed by atoms with Gasteiger partial charge in [-0.1, -0.05) is 24.3 Å². The largest absolute Gasteiger partial charge is 0.506 e. The molecule has 10 nitrogen and oxygen atoms in total. The number of ether oxygens (including phenoxy) is 2. The molecule has 11 heteroatoms. The van der Waals surface area contributed by atoms with Crippen molar-refractivity contribution in [2.24, 2.45) is 0 Å². The number of fused-ring (bicyclic) bond motifs is 1. The van der Waals surface area contributed by atoms with Crippen LogP contribution in [0.15, 0.2) is 53.4 Å². The Labute approximate surface area is 215 Å². The van der Waals surface area contributed by atoms with Crippen LogP contribution in [0, 0.1) is 0 Å². The zero-order valence-electron chi connectivity index (χ0n) is 19.8. The number of methoxy groups -OCH3 is 2. The number of phenolic OH excluding ortho intramolecular Hbond substituents is 1. The average Bonchev–Trinajstić information content (AvgIpc) is 3.23. The molecule has 0 radical (unpaired) electrons. The van der Waals surface area contributed by atoms with Gasteiger partial charge < -0.3 is 19.9 Å². The monoisotopic (exact) mass is 522 g/mol. The predicted molar refractivity (Wildman–Crippen MR) is 135 cm³/mol. The maximum Gasteiger partial charge on any atom is 0.337 e. The standard InChI is InChI=1S/C26H22N2O8S/c1-35-25(33)13-9-14(26(34)36-2)11-15(10-13)27-24(32)18-12-21(16-5-3-4-6-17(16)23(18)31)37-28-22-19(29)7-8-20(22)30/h3-6,9-12,22,28,31H,7-8H2,1-2H3,(H,27,32). The molecule has 1 aliphatic carbocycles. The van der Waals surface area contributed by atoms with Gasteiger partial charge in [-0.15, -0.1) is 0 Å². The number of amides is 1. The van der Waals surface area contributed by atoms with Gasteiger partial charge >= 0.3 is 11.9 Å². The number of nitrogens with one attached hydrogen (secondary N) is 2. The third kappa shape index (κ3) is 5.32. The van der Waals surface area contributed by atoms with E-state index in [4.69, 9.17) is 9.47 Å². The number of rotatable bonds is 7. The first kappa shape index (κ1) is 25.9. The molecule has 0 aromatic heterocycles. The maximum atomic E-state index is 13.3. The summed E-state index contributed by atoms with van der Waals surface area (Å²) in [6.45, 7) is 0. The van der Waals surface area contributed by atoms with E-state index in [9.17, 15) is 29.1 Å². The Balaban J connectivity index is 1.70. The lowest BCUT2D eigenvalue weighted by Crippen LogP contribution is -2.33. The molecule has 0 saturated heterocycles. The van der Waals surface area contributed by atoms with Crippen molar-refractivity contribution in [2.45, 2.75) is 23.8 Å². The molecule has 37 heavy (non-hydrogen) atoms. The summed E-state index contributed by atoms with van der Waals surface area (Å²) < 4.78 is 12.3. The van der Waals surface area contributed by atoms with Crippen LogP contribution >= 0.6 is 11.9 Å². The zero-order chi connectivity index (χ0) is 26.7. The van der Waals surface area contributed by atoms with Crippen molar-refractivity contribution in [2.75, 3.05) is 19.5 Å². The summed E-state index contributed by atoms with van der Waals surface area (Å²) in [6, 6.07) is 11.2. The molecule has 4 rings (SSSR count). The van der Waals surface area contributed by atoms with Crippen molar-refractivity contribution in [1.82, 2.24) is 4.72 Å². The number of esters is 2. The predicted octanol–water partition coefficient (Wildman–Crippen LogP) is 3.27. The Kier molecular flexibility index (Phi) is 7.55. The SMILES string of the molecule is COC(=O)c1cc(NC(=O)c2cc(SNC3C(=O)CCC3=O)c3ccccc3c2O)cc(C(=O)OC)c1. The van der Waals surface area contributed by atoms with E-state index in [-0.39, 0.29) is 52.5 Å². The van der Waals surface area contributed by atoms with E-state index in [0.29, 0.717) is 15.7 Å². The molecule has 1 saturated carbocycles. The lowest BCUT2D eigenvalue weighted by molar-refractivity contribution is -0.123. The molecule has 0 heterocycles. The molecule has 1 fully saturated rings. The number of carbonyl (C=O) groups is 5. The number of carbonyl (C=O) groups excluding carboxylic acids is 5. The second-order valence-corrected chi connectivity index (χ2v) is 9.02. The molecular formula is C26H22N2O8S. The zero-order valence-corrected chi connectivity index (χ0v) is 20.6. The molecule has 1 amide bonds. The van der Waals surface area contributed by atoms with Crippen LogP contribution in [0.3, 0.4) is 0 Å². The van der Waals surface area contributed by atoms with Crippen LogP contribution in [0.25, 0.3) is 10.8 Å². The highest BCUT2D eigenvalue weighted by Gasteiger charge is 2.33. The number of benzene rings is 3. The van der Waals surface area contributed by atoms with Crippen LogP contribution in [-0.4, -0.2) is 54.8 Å². The van der Waals surface area contributed by atoms with Gasteiger partial charge in [-0.25, -0.2) is 14.3 Å². The number of phenols is 1. The normalized spacial score (nSPS) is 13.6. The molecule has 0 atom stereocenters. The van der Waals surface area contributed by atoms with Gasteiger partial charge in [0.15, 0.2) is 11.6 Å². The topological polar surface area (TPSA) is 148 Å². The van der Waals surface area contributed by atoms with Crippen molar-refractivity contribution in [3.05, 3.63) is 65.2 Å². The van der Waals surface area contributed by atoms with Crippen LogP contribution in [0.2, 0.25) is 0 Å². The Hall–Kier alpha value is -4.22. The van der Waals surface area contributed by atoms with Gasteiger partial charge in [0.25, 0.3) is 5.91 Å². The molecule has 0 bridgehead atoms. The van der Waals surface area contributed by atoms with Crippen molar-refractivity contribution in [3.8, 4) is 5.75 Å². The van der Waals surface area contributed by atoms with Crippen LogP contribution in [0.5, 0.6) is 5.75 Å². The molecular weight excluding hydrogens is 500 g/mol. The van der Waals surface area contributed by atoms with E-state index in [1.807, 2.05) is 0 Å². The smallest absolute Gasteiger partial charge is 0.337 e. The van der Waals surface area contributed by atoms with Gasteiger partial charge in [-0.2, -0.15) is 0 Å². The number of Topliss-reactive ketones (excluding diaryl/α,β-unsaturated/α-hetero) is 2. The number of hydrogen-bond acceptors (Lipinski definition) is 10. The Morgan fingerprint density at radius 3 is 2.03 bits per heavy atom. The van der Waals surface area contributed by atoms with Crippen LogP contribution < -0.4 is 10.0 Å². The molecule has 3 aromatic carbocycles. The molecule has 0 spiro atoms. The van der Waals surface area contributed by atoms with Gasteiger partial charge in [-0.05, 0) is 36.2 Å². The van der Waals surface area contributed by atoms with Gasteiger partial charge in [0.2, 0.25) is 0 Å². The summed E-state index contributed by atoms with van der Waals surface area (Å²) >= 11 is 1.01. The van der Waals surface area contributed by atoms with E-state index in [1.165, 1.54) is 38.5 Å². The first-order chi connectivity index (χ1) is 17.7. The Bertz CT molecular complexity index is 1400. The first-order valence-electron chi connectivity index (χ1n) is 11.1. The van der Waals surface area contributed by atoms with Crippen LogP contribution in [0.1, 0.15) is 43.9 Å². The Morgan fingerprint density at radius 2 is 1.46 bits per heavy atom. The average molecular weight is 523 g/mol. The fraction of sp³-hybridized carbons (Fsp3) is 0.192. The van der Waals surface area contributed by atoms with E-state index < -0.39 is 23.9 Å². The van der Waals surface area contributed by atoms with E-state index in [0.717, 1.165) is 11.9 Å². The van der Waals surface area contributed by atoms with E-state index in [1.54, 1.807) is 24.3 Å². The number of anilines is 1. The quantitative estimate of drug-likeness (QED) is 0.240. The molecule has 190 valence electrons. The van der Waals surface area contributed by atoms with Gasteiger partial charge in [0.1, 0.15) is 11.8 Å². The first-order valence-corrected chi connectivity index (χ1v) is 11.9. The molecule has 1 aliphatic rings. The second kappa shape index (κ2) is 10.8. The summed E-state index contributed by atoms with van der Waals surface area (Å²) in [7, 11) is 2.36. The van der Waals surface area contributed by atoms with Crippen molar-refractivity contribution in [1.29, 1.82) is 0 Å². The minimum Gasteiger partial charge on any atom is -0.506 e. The maximum absolute atomic E-state index is 13.3. The molecule has 3 aromatic rings. The van der Waals surface area contributed by atoms with Crippen molar-refractivity contribution in [3.63, 3.8) is 0 Å². The lowest BCUT2D eigenvalue weighted by Gasteiger charge is -2.15. The fourth-order valence-electron chi connectivity index (χ4n) is 3.92. The van der Waals surface area contributed by atoms with Gasteiger partial charge in [0.05, 0.1) is 30.9 Å². The minimum absolute atomic E-state index is 0.00905. The van der Waals surface area contributed by atoms with Gasteiger partial charge in [-0.3, -0.25) is 14.4 Å². The minimum atomic E-state index is -0.937. The molecule has 0 unspecified atom stereocenters. The molecule has 0 aliphatic heterocycles. The summed E-state index contributed by atoms with van der Waals surface area (Å²) in [6.07, 6.45) is 0.360. The second-order valence-electron chi connectivity index (χ2n) is 8.14. The number of aromatic hydroxyl groups is 1. The van der Waals surface area contributed by atoms with E-state index in [2.05, 4.69) is 10.0 Å². The summed E-state index contributed by atoms with van der Waals surface area (Å²) in [5.74, 6) is -2.87. The molecule has 3 N–H and O–H groups in total. The highest BCUT2D eigenvalue weighted by atomic mass is 32.2. The Morgan fingerprint density at radius 1 is 0.892 bits per heavy atom. The third-order valence-electron chi connectivity index (χ3n) is 5.80. The van der Waals surface area contributed by atoms with Crippen LogP contribution in [-0.2, 0) is 19.1 Å². The number of hydrogen-bond donors (Lipinski definition) is 3. The lowest BCUT2D eigenvalue weighted by atomic mass is 10.0. The highest BCUT2D eigenvalue weighted by Crippen LogP contribution is 2.36. The third-order valence-corrected chi connectivity index (χ3v) is 6.72. The summed E-state index contributed by atoms with van der Waals surface area (Å²) in [5, 5.41) is 14.5. The van der Waals surface area contributed by atoms with Crippen LogP contribution in [0.4, 0.5) is 5.69 Å². The fourth-order valence-corrected chi connectivity index (χ4v) is 4.89. The summed E-state index contributed by atoms with van der Waals surface area (Å²) in [4.78, 5) is 62.0. The van der Waals surface area contributed by atoms with E-state index >= 15 is 0 Å². The number of ketones is 2. The van der Waals surface area contributed by atoms with Crippen molar-refractivity contribution >= 4 is 57.8 Å². The highest BCUT2D eigenvalue weighted by molar-refractivity contribution is 7.97. The summed E-state index contributed by atoms with van der Waals surface area (Å²) in [5.41, 5.74) is 0.00931. The van der Waals surface area contributed by atoms with Crippen molar-refractivity contribution < 1.29 is 38.6 Å². The van der Waals surface area contributed by atoms with Gasteiger partial charge in [0, 0.05) is 34.2 Å².